The Morgan fingerprint density at radius 1 is 1.10 bits per heavy atom. The molecule has 1 aromatic heterocycles. The largest absolute Gasteiger partial charge is 0.490 e. The second-order valence-electron chi connectivity index (χ2n) is 6.93. The third-order valence-corrected chi connectivity index (χ3v) is 4.61. The second kappa shape index (κ2) is 10.6. The van der Waals surface area contributed by atoms with Crippen LogP contribution in [0.5, 0.6) is 11.5 Å². The van der Waals surface area contributed by atoms with Gasteiger partial charge in [0, 0.05) is 13.1 Å². The summed E-state index contributed by atoms with van der Waals surface area (Å²) in [5.41, 5.74) is 1.86. The fourth-order valence-corrected chi connectivity index (χ4v) is 3.03. The van der Waals surface area contributed by atoms with Crippen LogP contribution in [-0.2, 0) is 6.54 Å². The molecule has 0 aliphatic rings. The molecular formula is C22H31N3O4. The predicted molar refractivity (Wildman–Crippen MR) is 113 cm³/mol. The number of carbonyl (C=O) groups excluding carboxylic acids is 1. The Kier molecular flexibility index (Phi) is 8.24. The van der Waals surface area contributed by atoms with E-state index in [1.165, 1.54) is 0 Å². The average molecular weight is 402 g/mol. The van der Waals surface area contributed by atoms with Gasteiger partial charge in [0.1, 0.15) is 5.56 Å². The smallest absolute Gasteiger partial charge is 0.277 e. The zero-order valence-corrected chi connectivity index (χ0v) is 18.0. The van der Waals surface area contributed by atoms with Gasteiger partial charge in [0.25, 0.3) is 11.5 Å². The normalized spacial score (nSPS) is 10.7. The van der Waals surface area contributed by atoms with E-state index in [0.717, 1.165) is 18.4 Å². The van der Waals surface area contributed by atoms with Gasteiger partial charge in [-0.3, -0.25) is 9.59 Å². The fourth-order valence-electron chi connectivity index (χ4n) is 3.03. The number of hydrogen-bond acceptors (Lipinski definition) is 5. The molecule has 158 valence electrons. The van der Waals surface area contributed by atoms with Crippen LogP contribution in [-0.4, -0.2) is 40.8 Å². The van der Waals surface area contributed by atoms with Crippen LogP contribution in [0.15, 0.2) is 23.0 Å². The number of H-pyrrole nitrogens is 1. The minimum Gasteiger partial charge on any atom is -0.490 e. The van der Waals surface area contributed by atoms with E-state index in [9.17, 15) is 9.59 Å². The number of nitrogens with zero attached hydrogens (tertiary/aromatic N) is 2. The second-order valence-corrected chi connectivity index (χ2v) is 6.93. The molecule has 7 nitrogen and oxygen atoms in total. The summed E-state index contributed by atoms with van der Waals surface area (Å²) in [5, 5.41) is 6.35. The lowest BCUT2D eigenvalue weighted by Gasteiger charge is -2.23. The zero-order chi connectivity index (χ0) is 21.4. The molecule has 1 amide bonds. The molecule has 2 aromatic rings. The summed E-state index contributed by atoms with van der Waals surface area (Å²) in [6.07, 6.45) is 1.69. The Balaban J connectivity index is 2.33. The number of ether oxygens (including phenoxy) is 2. The molecule has 0 fully saturated rings. The lowest BCUT2D eigenvalue weighted by atomic mass is 10.1. The summed E-state index contributed by atoms with van der Waals surface area (Å²) in [6.45, 7) is 11.5. The molecule has 0 bridgehead atoms. The summed E-state index contributed by atoms with van der Waals surface area (Å²) in [4.78, 5) is 27.1. The van der Waals surface area contributed by atoms with Gasteiger partial charge >= 0.3 is 0 Å². The first-order valence-electron chi connectivity index (χ1n) is 10.2. The number of amides is 1. The predicted octanol–water partition coefficient (Wildman–Crippen LogP) is 3.63. The van der Waals surface area contributed by atoms with E-state index in [1.807, 2.05) is 39.0 Å². The zero-order valence-electron chi connectivity index (χ0n) is 18.0. The molecule has 0 aliphatic carbocycles. The molecule has 1 heterocycles. The Hall–Kier alpha value is -2.83. The summed E-state index contributed by atoms with van der Waals surface area (Å²) in [7, 11) is 0. The highest BCUT2D eigenvalue weighted by Gasteiger charge is 2.22. The third-order valence-electron chi connectivity index (χ3n) is 4.61. The number of benzene rings is 1. The Morgan fingerprint density at radius 3 is 2.52 bits per heavy atom. The molecule has 7 heteroatoms. The molecule has 0 radical (unpaired) electrons. The van der Waals surface area contributed by atoms with Gasteiger partial charge in [-0.15, -0.1) is 0 Å². The van der Waals surface area contributed by atoms with Gasteiger partial charge in [0.05, 0.1) is 18.9 Å². The number of nitrogens with one attached hydrogen (secondary N) is 1. The van der Waals surface area contributed by atoms with Crippen LogP contribution < -0.4 is 15.0 Å². The average Bonchev–Trinajstić information content (AvgIpc) is 2.70. The molecule has 0 saturated heterocycles. The van der Waals surface area contributed by atoms with E-state index in [4.69, 9.17) is 9.47 Å². The summed E-state index contributed by atoms with van der Waals surface area (Å²) < 4.78 is 11.5. The van der Waals surface area contributed by atoms with Crippen LogP contribution in [0, 0.1) is 13.8 Å². The highest BCUT2D eigenvalue weighted by Crippen LogP contribution is 2.29. The van der Waals surface area contributed by atoms with Crippen molar-refractivity contribution in [1.29, 1.82) is 0 Å². The van der Waals surface area contributed by atoms with Crippen molar-refractivity contribution in [2.45, 2.75) is 54.0 Å². The Morgan fingerprint density at radius 2 is 1.86 bits per heavy atom. The number of aromatic nitrogens is 2. The van der Waals surface area contributed by atoms with E-state index in [1.54, 1.807) is 18.7 Å². The van der Waals surface area contributed by atoms with Crippen LogP contribution in [0.25, 0.3) is 0 Å². The van der Waals surface area contributed by atoms with Crippen LogP contribution in [0.2, 0.25) is 0 Å². The number of aryl methyl sites for hydroxylation is 1. The standard InChI is InChI=1S/C22H31N3O4/c1-6-11-25(22(27)20-15(4)16(5)23-24-21(20)26)14-17-9-10-18(29-12-7-2)19(13-17)28-8-3/h9-10,13H,6-8,11-12,14H2,1-5H3,(H,24,26). The van der Waals surface area contributed by atoms with Crippen molar-refractivity contribution in [3.63, 3.8) is 0 Å². The van der Waals surface area contributed by atoms with Crippen molar-refractivity contribution in [2.75, 3.05) is 19.8 Å². The maximum Gasteiger partial charge on any atom is 0.277 e. The monoisotopic (exact) mass is 401 g/mol. The van der Waals surface area contributed by atoms with Gasteiger partial charge in [0.15, 0.2) is 11.5 Å². The van der Waals surface area contributed by atoms with E-state index in [2.05, 4.69) is 10.2 Å². The van der Waals surface area contributed by atoms with Crippen molar-refractivity contribution < 1.29 is 14.3 Å². The molecule has 0 saturated carbocycles. The fraction of sp³-hybridized carbons (Fsp3) is 0.500. The molecule has 1 N–H and O–H groups in total. The molecule has 0 atom stereocenters. The highest BCUT2D eigenvalue weighted by atomic mass is 16.5. The quantitative estimate of drug-likeness (QED) is 0.657. The molecule has 2 rings (SSSR count). The van der Waals surface area contributed by atoms with Crippen molar-refractivity contribution >= 4 is 5.91 Å². The first kappa shape index (κ1) is 22.5. The molecule has 29 heavy (non-hydrogen) atoms. The van der Waals surface area contributed by atoms with E-state index < -0.39 is 5.56 Å². The van der Waals surface area contributed by atoms with Crippen LogP contribution in [0.1, 0.15) is 60.8 Å². The van der Waals surface area contributed by atoms with E-state index in [0.29, 0.717) is 49.1 Å². The maximum absolute atomic E-state index is 13.2. The topological polar surface area (TPSA) is 84.5 Å². The molecule has 0 unspecified atom stereocenters. The minimum atomic E-state index is -0.461. The Bertz CT molecular complexity index is 892. The van der Waals surface area contributed by atoms with Crippen molar-refractivity contribution in [2.24, 2.45) is 0 Å². The summed E-state index contributed by atoms with van der Waals surface area (Å²) in [5.74, 6) is 1.07. The van der Waals surface area contributed by atoms with E-state index >= 15 is 0 Å². The number of carbonyl (C=O) groups is 1. The Labute approximate surface area is 172 Å². The van der Waals surface area contributed by atoms with Gasteiger partial charge < -0.3 is 14.4 Å². The SMILES string of the molecule is CCCOc1ccc(CN(CCC)C(=O)c2c(C)c(C)n[nH]c2=O)cc1OCC. The number of aromatic amines is 1. The molecule has 1 aromatic carbocycles. The van der Waals surface area contributed by atoms with Gasteiger partial charge in [-0.25, -0.2) is 5.10 Å². The lowest BCUT2D eigenvalue weighted by molar-refractivity contribution is 0.0740. The first-order chi connectivity index (χ1) is 13.9. The summed E-state index contributed by atoms with van der Waals surface area (Å²) in [6, 6.07) is 5.71. The van der Waals surface area contributed by atoms with Crippen molar-refractivity contribution in [3.8, 4) is 11.5 Å². The molecule has 0 aliphatic heterocycles. The van der Waals surface area contributed by atoms with Crippen LogP contribution >= 0.6 is 0 Å². The van der Waals surface area contributed by atoms with Gasteiger partial charge in [-0.1, -0.05) is 19.9 Å². The highest BCUT2D eigenvalue weighted by molar-refractivity contribution is 5.95. The molecule has 0 spiro atoms. The van der Waals surface area contributed by atoms with Crippen molar-refractivity contribution in [1.82, 2.24) is 15.1 Å². The lowest BCUT2D eigenvalue weighted by Crippen LogP contribution is -2.36. The number of rotatable bonds is 10. The van der Waals surface area contributed by atoms with Crippen LogP contribution in [0.4, 0.5) is 0 Å². The van der Waals surface area contributed by atoms with Crippen molar-refractivity contribution in [3.05, 3.63) is 50.9 Å². The van der Waals surface area contributed by atoms with Gasteiger partial charge in [0.2, 0.25) is 0 Å². The first-order valence-corrected chi connectivity index (χ1v) is 10.2. The van der Waals surface area contributed by atoms with Gasteiger partial charge in [-0.2, -0.15) is 5.10 Å². The van der Waals surface area contributed by atoms with Crippen LogP contribution in [0.3, 0.4) is 0 Å². The van der Waals surface area contributed by atoms with Gasteiger partial charge in [-0.05, 0) is 56.9 Å². The maximum atomic E-state index is 13.2. The number of hydrogen-bond donors (Lipinski definition) is 1. The summed E-state index contributed by atoms with van der Waals surface area (Å²) >= 11 is 0. The van der Waals surface area contributed by atoms with E-state index in [-0.39, 0.29) is 11.5 Å². The third kappa shape index (κ3) is 5.59. The molecular weight excluding hydrogens is 370 g/mol. The minimum absolute atomic E-state index is 0.152.